The summed E-state index contributed by atoms with van der Waals surface area (Å²) in [5.41, 5.74) is -0.575. The van der Waals surface area contributed by atoms with Gasteiger partial charge in [-0.25, -0.2) is 13.8 Å². The minimum atomic E-state index is -2.84. The van der Waals surface area contributed by atoms with Crippen LogP contribution >= 0.6 is 27.5 Å². The van der Waals surface area contributed by atoms with Gasteiger partial charge in [-0.05, 0) is 6.07 Å². The SMILES string of the molecule is O=C(CBr)Oc1ccnc(Cl)c1C(F)F. The molecule has 0 radical (unpaired) electrons. The highest BCUT2D eigenvalue weighted by atomic mass is 79.9. The molecule has 7 heteroatoms. The molecule has 82 valence electrons. The quantitative estimate of drug-likeness (QED) is 0.489. The Balaban J connectivity index is 3.06. The van der Waals surface area contributed by atoms with Crippen molar-refractivity contribution in [3.05, 3.63) is 23.0 Å². The van der Waals surface area contributed by atoms with E-state index in [2.05, 4.69) is 25.7 Å². The van der Waals surface area contributed by atoms with Gasteiger partial charge in [0.25, 0.3) is 6.43 Å². The predicted molar refractivity (Wildman–Crippen MR) is 53.6 cm³/mol. The van der Waals surface area contributed by atoms with E-state index in [0.717, 1.165) is 6.07 Å². The topological polar surface area (TPSA) is 39.2 Å². The van der Waals surface area contributed by atoms with Gasteiger partial charge in [0.05, 0.1) is 5.56 Å². The summed E-state index contributed by atoms with van der Waals surface area (Å²) in [6, 6.07) is 1.16. The number of halogens is 4. The first-order valence-corrected chi connectivity index (χ1v) is 5.25. The molecule has 15 heavy (non-hydrogen) atoms. The number of hydrogen-bond acceptors (Lipinski definition) is 3. The maximum atomic E-state index is 12.5. The first-order valence-electron chi connectivity index (χ1n) is 3.75. The van der Waals surface area contributed by atoms with Crippen molar-refractivity contribution in [2.24, 2.45) is 0 Å². The monoisotopic (exact) mass is 299 g/mol. The summed E-state index contributed by atoms with van der Waals surface area (Å²) in [4.78, 5) is 14.4. The van der Waals surface area contributed by atoms with Gasteiger partial charge in [-0.1, -0.05) is 27.5 Å². The summed E-state index contributed by atoms with van der Waals surface area (Å²) in [5.74, 6) is -0.950. The van der Waals surface area contributed by atoms with E-state index in [1.165, 1.54) is 6.20 Å². The highest BCUT2D eigenvalue weighted by Gasteiger charge is 2.20. The summed E-state index contributed by atoms with van der Waals surface area (Å²) in [5, 5.41) is -0.458. The minimum absolute atomic E-state index is 0.0877. The molecule has 0 saturated heterocycles. The fourth-order valence-electron chi connectivity index (χ4n) is 0.868. The molecule has 0 atom stereocenters. The second kappa shape index (κ2) is 5.37. The highest BCUT2D eigenvalue weighted by Crippen LogP contribution is 2.33. The first kappa shape index (κ1) is 12.3. The number of pyridine rings is 1. The Kier molecular flexibility index (Phi) is 4.41. The van der Waals surface area contributed by atoms with Gasteiger partial charge >= 0.3 is 5.97 Å². The average Bonchev–Trinajstić information content (AvgIpc) is 2.17. The zero-order valence-corrected chi connectivity index (χ0v) is 9.56. The molecule has 1 heterocycles. The summed E-state index contributed by atoms with van der Waals surface area (Å²) in [7, 11) is 0. The minimum Gasteiger partial charge on any atom is -0.425 e. The molecule has 0 bridgehead atoms. The van der Waals surface area contributed by atoms with Gasteiger partial charge in [0.1, 0.15) is 16.2 Å². The van der Waals surface area contributed by atoms with Crippen molar-refractivity contribution in [3.63, 3.8) is 0 Å². The Morgan fingerprint density at radius 2 is 2.33 bits per heavy atom. The van der Waals surface area contributed by atoms with E-state index in [1.807, 2.05) is 0 Å². The van der Waals surface area contributed by atoms with Gasteiger partial charge in [-0.15, -0.1) is 0 Å². The molecule has 0 fully saturated rings. The second-order valence-corrected chi connectivity index (χ2v) is 3.34. The highest BCUT2D eigenvalue weighted by molar-refractivity contribution is 9.09. The largest absolute Gasteiger partial charge is 0.425 e. The van der Waals surface area contributed by atoms with Crippen LogP contribution in [0.5, 0.6) is 5.75 Å². The van der Waals surface area contributed by atoms with Crippen molar-refractivity contribution >= 4 is 33.5 Å². The van der Waals surface area contributed by atoms with Crippen molar-refractivity contribution in [2.45, 2.75) is 6.43 Å². The van der Waals surface area contributed by atoms with E-state index < -0.39 is 18.0 Å². The maximum Gasteiger partial charge on any atom is 0.321 e. The van der Waals surface area contributed by atoms with E-state index in [-0.39, 0.29) is 16.2 Å². The summed E-state index contributed by atoms with van der Waals surface area (Å²) >= 11 is 8.30. The molecule has 0 saturated carbocycles. The van der Waals surface area contributed by atoms with Crippen molar-refractivity contribution in [1.29, 1.82) is 0 Å². The average molecular weight is 300 g/mol. The third-order valence-corrected chi connectivity index (χ3v) is 2.21. The van der Waals surface area contributed by atoms with Gasteiger partial charge < -0.3 is 4.74 Å². The van der Waals surface area contributed by atoms with Crippen LogP contribution in [0, 0.1) is 0 Å². The number of carbonyl (C=O) groups is 1. The van der Waals surface area contributed by atoms with Crippen LogP contribution in [0.4, 0.5) is 8.78 Å². The number of hydrogen-bond donors (Lipinski definition) is 0. The Hall–Kier alpha value is -0.750. The number of esters is 1. The second-order valence-electron chi connectivity index (χ2n) is 2.42. The van der Waals surface area contributed by atoms with Crippen molar-refractivity contribution < 1.29 is 18.3 Å². The smallest absolute Gasteiger partial charge is 0.321 e. The number of carbonyl (C=O) groups excluding carboxylic acids is 1. The molecule has 0 aliphatic heterocycles. The van der Waals surface area contributed by atoms with Gasteiger partial charge in [-0.3, -0.25) is 4.79 Å². The lowest BCUT2D eigenvalue weighted by Gasteiger charge is -2.08. The lowest BCUT2D eigenvalue weighted by atomic mass is 10.2. The summed E-state index contributed by atoms with van der Waals surface area (Å²) in [6.07, 6.45) is -1.66. The molecule has 3 nitrogen and oxygen atoms in total. The van der Waals surface area contributed by atoms with Gasteiger partial charge in [0.2, 0.25) is 0 Å². The Labute approximate surface area is 97.5 Å². The number of aromatic nitrogens is 1. The maximum absolute atomic E-state index is 12.5. The molecule has 0 N–H and O–H groups in total. The molecular formula is C8H5BrClF2NO2. The standard InChI is InChI=1S/C8H5BrClF2NO2/c9-3-5(14)15-4-1-2-13-7(10)6(4)8(11)12/h1-2,8H,3H2. The van der Waals surface area contributed by atoms with Crippen LogP contribution < -0.4 is 4.74 Å². The zero-order valence-electron chi connectivity index (χ0n) is 7.21. The molecule has 0 aromatic carbocycles. The third-order valence-electron chi connectivity index (χ3n) is 1.45. The number of rotatable bonds is 3. The number of ether oxygens (including phenoxy) is 1. The lowest BCUT2D eigenvalue weighted by Crippen LogP contribution is -2.10. The first-order chi connectivity index (χ1) is 7.06. The molecule has 1 aromatic rings. The molecule has 0 spiro atoms. The summed E-state index contributed by atoms with van der Waals surface area (Å²) in [6.45, 7) is 0. The van der Waals surface area contributed by atoms with E-state index in [4.69, 9.17) is 11.6 Å². The summed E-state index contributed by atoms with van der Waals surface area (Å²) < 4.78 is 29.7. The van der Waals surface area contributed by atoms with Crippen LogP contribution in [0.25, 0.3) is 0 Å². The van der Waals surface area contributed by atoms with Gasteiger partial charge in [0, 0.05) is 6.20 Å². The molecule has 0 aliphatic rings. The fraction of sp³-hybridized carbons (Fsp3) is 0.250. The van der Waals surface area contributed by atoms with E-state index in [9.17, 15) is 13.6 Å². The lowest BCUT2D eigenvalue weighted by molar-refractivity contribution is -0.131. The Morgan fingerprint density at radius 3 is 2.87 bits per heavy atom. The fourth-order valence-corrected chi connectivity index (χ4v) is 1.21. The number of alkyl halides is 3. The van der Waals surface area contributed by atoms with E-state index in [1.54, 1.807) is 0 Å². The molecule has 0 amide bonds. The molecule has 0 unspecified atom stereocenters. The molecule has 0 aliphatic carbocycles. The van der Waals surface area contributed by atoms with Crippen LogP contribution in [0.1, 0.15) is 12.0 Å². The molecule has 1 rings (SSSR count). The third kappa shape index (κ3) is 3.10. The van der Waals surface area contributed by atoms with Crippen molar-refractivity contribution in [2.75, 3.05) is 5.33 Å². The van der Waals surface area contributed by atoms with Gasteiger partial charge in [0.15, 0.2) is 0 Å². The Morgan fingerprint density at radius 1 is 1.67 bits per heavy atom. The normalized spacial score (nSPS) is 10.5. The van der Waals surface area contributed by atoms with Crippen molar-refractivity contribution in [1.82, 2.24) is 4.98 Å². The zero-order chi connectivity index (χ0) is 11.4. The number of nitrogens with zero attached hydrogens (tertiary/aromatic N) is 1. The van der Waals surface area contributed by atoms with E-state index >= 15 is 0 Å². The van der Waals surface area contributed by atoms with Crippen LogP contribution in [0.3, 0.4) is 0 Å². The van der Waals surface area contributed by atoms with Gasteiger partial charge in [-0.2, -0.15) is 0 Å². The molecule has 1 aromatic heterocycles. The Bertz CT molecular complexity index is 376. The van der Waals surface area contributed by atoms with Crippen LogP contribution in [0.2, 0.25) is 5.15 Å². The van der Waals surface area contributed by atoms with Crippen LogP contribution in [0.15, 0.2) is 12.3 Å². The van der Waals surface area contributed by atoms with Crippen LogP contribution in [-0.2, 0) is 4.79 Å². The van der Waals surface area contributed by atoms with Crippen molar-refractivity contribution in [3.8, 4) is 5.75 Å². The van der Waals surface area contributed by atoms with E-state index in [0.29, 0.717) is 0 Å². The van der Waals surface area contributed by atoms with Crippen LogP contribution in [-0.4, -0.2) is 16.3 Å². The molecular weight excluding hydrogens is 295 g/mol. The predicted octanol–water partition coefficient (Wildman–Crippen LogP) is 2.97.